The van der Waals surface area contributed by atoms with Gasteiger partial charge >= 0.3 is 0 Å². The van der Waals surface area contributed by atoms with E-state index >= 15 is 0 Å². The second-order valence-electron chi connectivity index (χ2n) is 8.49. The molecule has 0 saturated heterocycles. The fourth-order valence-electron chi connectivity index (χ4n) is 4.01. The van der Waals surface area contributed by atoms with Crippen LogP contribution in [0.25, 0.3) is 11.1 Å². The Morgan fingerprint density at radius 2 is 1.69 bits per heavy atom. The molecule has 0 unspecified atom stereocenters. The first-order valence-corrected chi connectivity index (χ1v) is 13.5. The predicted octanol–water partition coefficient (Wildman–Crippen LogP) is 6.07. The number of carbonyl (C=O) groups is 1. The van der Waals surface area contributed by atoms with Crippen molar-refractivity contribution in [1.29, 1.82) is 0 Å². The minimum absolute atomic E-state index is 0.000257. The Hall–Kier alpha value is -4.41. The maximum Gasteiger partial charge on any atom is 0.273 e. The molecule has 11 heteroatoms. The minimum atomic E-state index is -4.50. The van der Waals surface area contributed by atoms with Gasteiger partial charge in [-0.3, -0.25) is 19.2 Å². The van der Waals surface area contributed by atoms with Gasteiger partial charge in [0.2, 0.25) is 5.91 Å². The molecule has 0 bridgehead atoms. The molecular weight excluding hydrogens is 542 g/mol. The maximum atomic E-state index is 13.9. The van der Waals surface area contributed by atoms with E-state index in [-0.39, 0.29) is 27.0 Å². The molecule has 0 fully saturated rings. The number of ether oxygens (including phenoxy) is 1. The smallest absolute Gasteiger partial charge is 0.273 e. The van der Waals surface area contributed by atoms with Crippen molar-refractivity contribution >= 4 is 44.6 Å². The molecule has 0 radical (unpaired) electrons. The molecule has 4 aromatic rings. The highest BCUT2D eigenvalue weighted by molar-refractivity contribution is 7.92. The van der Waals surface area contributed by atoms with Gasteiger partial charge in [-0.25, -0.2) is 8.42 Å². The fraction of sp³-hybridized carbons (Fsp3) is 0.107. The van der Waals surface area contributed by atoms with Gasteiger partial charge in [-0.15, -0.1) is 0 Å². The molecule has 0 aliphatic heterocycles. The molecule has 0 aliphatic carbocycles. The van der Waals surface area contributed by atoms with Gasteiger partial charge < -0.3 is 10.1 Å². The number of halogens is 1. The summed E-state index contributed by atoms with van der Waals surface area (Å²) in [6.07, 6.45) is 0. The summed E-state index contributed by atoms with van der Waals surface area (Å²) in [5.74, 6) is -0.507. The van der Waals surface area contributed by atoms with E-state index in [2.05, 4.69) is 5.32 Å². The standard InChI is InChI=1S/C28H24ClN3O6S/c1-19-12-14-22(17-25(19)32(34)35)39(36,37)31(26-16-21(29)13-15-27(26)38-2)18-28(33)30-24-11-7-6-10-23(24)20-8-4-3-5-9-20/h3-17H,18H2,1-2H3,(H,30,33). The third-order valence-corrected chi connectivity index (χ3v) is 7.94. The third kappa shape index (κ3) is 6.02. The second-order valence-corrected chi connectivity index (χ2v) is 10.8. The van der Waals surface area contributed by atoms with Gasteiger partial charge in [0.15, 0.2) is 0 Å². The Morgan fingerprint density at radius 3 is 2.38 bits per heavy atom. The van der Waals surface area contributed by atoms with E-state index in [1.54, 1.807) is 12.1 Å². The highest BCUT2D eigenvalue weighted by Gasteiger charge is 2.31. The number of nitro groups is 1. The Balaban J connectivity index is 1.77. The van der Waals surface area contributed by atoms with Crippen LogP contribution in [0.3, 0.4) is 0 Å². The van der Waals surface area contributed by atoms with Crippen LogP contribution in [0.2, 0.25) is 5.02 Å². The van der Waals surface area contributed by atoms with Crippen molar-refractivity contribution in [3.05, 3.63) is 112 Å². The number of amides is 1. The van der Waals surface area contributed by atoms with Gasteiger partial charge in [-0.05, 0) is 42.8 Å². The highest BCUT2D eigenvalue weighted by atomic mass is 35.5. The van der Waals surface area contributed by atoms with Gasteiger partial charge in [0.25, 0.3) is 15.7 Å². The van der Waals surface area contributed by atoms with Crippen molar-refractivity contribution in [3.63, 3.8) is 0 Å². The van der Waals surface area contributed by atoms with Crippen LogP contribution < -0.4 is 14.4 Å². The molecule has 0 aliphatic rings. The van der Waals surface area contributed by atoms with Crippen molar-refractivity contribution < 1.29 is 22.9 Å². The van der Waals surface area contributed by atoms with Gasteiger partial charge in [0.05, 0.1) is 22.6 Å². The largest absolute Gasteiger partial charge is 0.495 e. The van der Waals surface area contributed by atoms with Crippen LogP contribution >= 0.6 is 11.6 Å². The molecule has 1 amide bonds. The van der Waals surface area contributed by atoms with E-state index in [9.17, 15) is 23.3 Å². The number of nitro benzene ring substituents is 1. The summed E-state index contributed by atoms with van der Waals surface area (Å²) in [6.45, 7) is 0.841. The minimum Gasteiger partial charge on any atom is -0.495 e. The third-order valence-electron chi connectivity index (χ3n) is 5.95. The number of nitrogens with zero attached hydrogens (tertiary/aromatic N) is 2. The molecule has 0 atom stereocenters. The number of benzene rings is 4. The van der Waals surface area contributed by atoms with E-state index in [0.717, 1.165) is 21.5 Å². The molecule has 0 spiro atoms. The molecule has 0 heterocycles. The van der Waals surface area contributed by atoms with Crippen molar-refractivity contribution in [2.45, 2.75) is 11.8 Å². The number of rotatable bonds is 9. The molecule has 0 saturated carbocycles. The Bertz CT molecular complexity index is 1640. The highest BCUT2D eigenvalue weighted by Crippen LogP contribution is 2.36. The van der Waals surface area contributed by atoms with Crippen LogP contribution in [0.15, 0.2) is 95.9 Å². The Labute approximate surface area is 230 Å². The summed E-state index contributed by atoms with van der Waals surface area (Å²) in [5.41, 5.74) is 2.02. The molecule has 1 N–H and O–H groups in total. The van der Waals surface area contributed by atoms with E-state index in [0.29, 0.717) is 11.3 Å². The molecule has 4 rings (SSSR count). The first kappa shape index (κ1) is 27.6. The van der Waals surface area contributed by atoms with Crippen LogP contribution in [-0.2, 0) is 14.8 Å². The summed E-state index contributed by atoms with van der Waals surface area (Å²) < 4.78 is 34.0. The monoisotopic (exact) mass is 565 g/mol. The number of hydrogen-bond donors (Lipinski definition) is 1. The van der Waals surface area contributed by atoms with Crippen LogP contribution in [0.4, 0.5) is 17.1 Å². The number of methoxy groups -OCH3 is 1. The predicted molar refractivity (Wildman–Crippen MR) is 151 cm³/mol. The van der Waals surface area contributed by atoms with Gasteiger partial charge in [0.1, 0.15) is 12.3 Å². The van der Waals surface area contributed by atoms with E-state index in [4.69, 9.17) is 16.3 Å². The van der Waals surface area contributed by atoms with Crippen molar-refractivity contribution in [1.82, 2.24) is 0 Å². The molecule has 39 heavy (non-hydrogen) atoms. The first-order valence-electron chi connectivity index (χ1n) is 11.7. The zero-order valence-corrected chi connectivity index (χ0v) is 22.6. The Kier molecular flexibility index (Phi) is 8.18. The molecule has 9 nitrogen and oxygen atoms in total. The molecule has 4 aromatic carbocycles. The topological polar surface area (TPSA) is 119 Å². The summed E-state index contributed by atoms with van der Waals surface area (Å²) in [5, 5.41) is 14.5. The number of anilines is 2. The molecule has 0 aromatic heterocycles. The zero-order chi connectivity index (χ0) is 28.2. The van der Waals surface area contributed by atoms with Crippen LogP contribution in [0, 0.1) is 17.0 Å². The summed E-state index contributed by atoms with van der Waals surface area (Å²) in [7, 11) is -3.14. The van der Waals surface area contributed by atoms with Gasteiger partial charge in [-0.1, -0.05) is 66.2 Å². The second kappa shape index (κ2) is 11.5. The number of nitrogens with one attached hydrogen (secondary N) is 1. The molecular formula is C28H24ClN3O6S. The summed E-state index contributed by atoms with van der Waals surface area (Å²) in [4.78, 5) is 23.9. The van der Waals surface area contributed by atoms with Crippen LogP contribution in [0.1, 0.15) is 5.56 Å². The first-order chi connectivity index (χ1) is 18.6. The average molecular weight is 566 g/mol. The van der Waals surface area contributed by atoms with E-state index in [1.807, 2.05) is 42.5 Å². The number of aryl methyl sites for hydroxylation is 1. The number of hydrogen-bond acceptors (Lipinski definition) is 6. The van der Waals surface area contributed by atoms with Crippen molar-refractivity contribution in [3.8, 4) is 16.9 Å². The SMILES string of the molecule is COc1ccc(Cl)cc1N(CC(=O)Nc1ccccc1-c1ccccc1)S(=O)(=O)c1ccc(C)c([N+](=O)[O-])c1. The summed E-state index contributed by atoms with van der Waals surface area (Å²) >= 11 is 6.19. The number of para-hydroxylation sites is 1. The lowest BCUT2D eigenvalue weighted by atomic mass is 10.0. The van der Waals surface area contributed by atoms with Crippen LogP contribution in [-0.4, -0.2) is 32.9 Å². The quantitative estimate of drug-likeness (QED) is 0.194. The lowest BCUT2D eigenvalue weighted by Crippen LogP contribution is -2.38. The van der Waals surface area contributed by atoms with Crippen molar-refractivity contribution in [2.75, 3.05) is 23.3 Å². The van der Waals surface area contributed by atoms with E-state index in [1.165, 1.54) is 44.4 Å². The molecule has 200 valence electrons. The fourth-order valence-corrected chi connectivity index (χ4v) is 5.62. The average Bonchev–Trinajstić information content (AvgIpc) is 2.92. The summed E-state index contributed by atoms with van der Waals surface area (Å²) in [6, 6.07) is 24.4. The maximum absolute atomic E-state index is 13.9. The lowest BCUT2D eigenvalue weighted by molar-refractivity contribution is -0.385. The van der Waals surface area contributed by atoms with Gasteiger partial charge in [0, 0.05) is 27.9 Å². The normalized spacial score (nSPS) is 11.1. The lowest BCUT2D eigenvalue weighted by Gasteiger charge is -2.26. The van der Waals surface area contributed by atoms with Gasteiger partial charge in [-0.2, -0.15) is 0 Å². The Morgan fingerprint density at radius 1 is 1.00 bits per heavy atom. The number of sulfonamides is 1. The zero-order valence-electron chi connectivity index (χ0n) is 21.0. The van der Waals surface area contributed by atoms with E-state index < -0.39 is 27.4 Å². The number of carbonyl (C=O) groups excluding carboxylic acids is 1. The van der Waals surface area contributed by atoms with Crippen LogP contribution in [0.5, 0.6) is 5.75 Å². The van der Waals surface area contributed by atoms with Crippen molar-refractivity contribution in [2.24, 2.45) is 0 Å².